The summed E-state index contributed by atoms with van der Waals surface area (Å²) in [6.45, 7) is 0.929. The van der Waals surface area contributed by atoms with E-state index in [0.29, 0.717) is 42.6 Å². The van der Waals surface area contributed by atoms with Crippen molar-refractivity contribution in [1.82, 2.24) is 5.32 Å². The summed E-state index contributed by atoms with van der Waals surface area (Å²) in [5.41, 5.74) is 2.01. The number of carbonyl (C=O) groups is 1. The third-order valence-corrected chi connectivity index (χ3v) is 8.75. The van der Waals surface area contributed by atoms with Gasteiger partial charge in [-0.2, -0.15) is 0 Å². The number of hydrogen-bond acceptors (Lipinski definition) is 7. The summed E-state index contributed by atoms with van der Waals surface area (Å²) in [7, 11) is 0. The first-order valence-corrected chi connectivity index (χ1v) is 15.8. The molecule has 2 aliphatic heterocycles. The van der Waals surface area contributed by atoms with Crippen molar-refractivity contribution in [2.24, 2.45) is 4.99 Å². The molecule has 0 saturated carbocycles. The number of nitrogens with zero attached hydrogens (tertiary/aromatic N) is 1. The van der Waals surface area contributed by atoms with Crippen LogP contribution in [0.25, 0.3) is 0 Å². The summed E-state index contributed by atoms with van der Waals surface area (Å²) in [5.74, 6) is 2.11. The Kier molecular flexibility index (Phi) is 9.20. The number of aliphatic hydroxyl groups is 1. The van der Waals surface area contributed by atoms with Crippen LogP contribution < -0.4 is 19.5 Å². The second kappa shape index (κ2) is 13.4. The molecule has 10 heteroatoms. The van der Waals surface area contributed by atoms with Gasteiger partial charge < -0.3 is 29.4 Å². The van der Waals surface area contributed by atoms with Crippen LogP contribution in [0.15, 0.2) is 105 Å². The first-order chi connectivity index (χ1) is 21.4. The fourth-order valence-electron chi connectivity index (χ4n) is 5.25. The molecular formula is C34H30Br2N2O6. The average Bonchev–Trinajstić information content (AvgIpc) is 3.67. The summed E-state index contributed by atoms with van der Waals surface area (Å²) in [6, 6.07) is 28.6. The number of rotatable bonds is 11. The molecule has 4 aromatic rings. The van der Waals surface area contributed by atoms with Crippen LogP contribution in [0.3, 0.4) is 0 Å². The molecule has 44 heavy (non-hydrogen) atoms. The number of halogens is 2. The topological polar surface area (TPSA) is 98.6 Å². The minimum Gasteiger partial charge on any atom is -0.494 e. The summed E-state index contributed by atoms with van der Waals surface area (Å²) >= 11 is 7.21. The molecule has 0 spiro atoms. The minimum absolute atomic E-state index is 0.0658. The van der Waals surface area contributed by atoms with Gasteiger partial charge in [0.15, 0.2) is 23.1 Å². The Hall–Kier alpha value is -3.86. The van der Waals surface area contributed by atoms with E-state index in [1.165, 1.54) is 0 Å². The van der Waals surface area contributed by atoms with Crippen LogP contribution in [0.2, 0.25) is 0 Å². The molecule has 1 amide bonds. The van der Waals surface area contributed by atoms with Gasteiger partial charge in [0, 0.05) is 46.1 Å². The van der Waals surface area contributed by atoms with E-state index in [1.54, 1.807) is 0 Å². The molecule has 8 nitrogen and oxygen atoms in total. The number of amides is 1. The first-order valence-electron chi connectivity index (χ1n) is 14.2. The van der Waals surface area contributed by atoms with Crippen molar-refractivity contribution >= 4 is 43.7 Å². The van der Waals surface area contributed by atoms with Gasteiger partial charge in [-0.1, -0.05) is 68.3 Å². The predicted molar refractivity (Wildman–Crippen MR) is 173 cm³/mol. The van der Waals surface area contributed by atoms with E-state index in [9.17, 15) is 4.79 Å². The van der Waals surface area contributed by atoms with Crippen LogP contribution in [0.1, 0.15) is 34.8 Å². The van der Waals surface area contributed by atoms with Crippen LogP contribution >= 0.6 is 31.9 Å². The van der Waals surface area contributed by atoms with E-state index in [1.807, 2.05) is 91.0 Å². The van der Waals surface area contributed by atoms with Gasteiger partial charge in [-0.15, -0.1) is 0 Å². The van der Waals surface area contributed by atoms with Gasteiger partial charge in [0.1, 0.15) is 5.75 Å². The van der Waals surface area contributed by atoms with Gasteiger partial charge in [-0.25, -0.2) is 4.99 Å². The van der Waals surface area contributed by atoms with Crippen molar-refractivity contribution in [3.05, 3.63) is 122 Å². The monoisotopic (exact) mass is 720 g/mol. The molecule has 0 saturated heterocycles. The Morgan fingerprint density at radius 3 is 2.48 bits per heavy atom. The highest BCUT2D eigenvalue weighted by molar-refractivity contribution is 9.10. The summed E-state index contributed by atoms with van der Waals surface area (Å²) in [4.78, 5) is 19.6. The second-order valence-electron chi connectivity index (χ2n) is 10.5. The Labute approximate surface area is 272 Å². The molecule has 0 unspecified atom stereocenters. The first kappa shape index (κ1) is 30.2. The fourth-order valence-corrected chi connectivity index (χ4v) is 6.00. The van der Waals surface area contributed by atoms with E-state index in [2.05, 4.69) is 37.2 Å². The molecule has 6 rings (SSSR count). The maximum absolute atomic E-state index is 14.5. The lowest BCUT2D eigenvalue weighted by Crippen LogP contribution is -2.49. The third-order valence-electron chi connectivity index (χ3n) is 7.49. The fraction of sp³-hybridized carbons (Fsp3) is 0.235. The Balaban J connectivity index is 1.38. The van der Waals surface area contributed by atoms with Crippen molar-refractivity contribution < 1.29 is 28.8 Å². The normalized spacial score (nSPS) is 18.4. The molecule has 4 aromatic carbocycles. The Morgan fingerprint density at radius 1 is 0.955 bits per heavy atom. The minimum atomic E-state index is -1.33. The van der Waals surface area contributed by atoms with Gasteiger partial charge in [0.05, 0.1) is 6.61 Å². The average molecular weight is 722 g/mol. The standard InChI is InChI=1S/C34H30Br2N2O6/c35-25-11-6-22(7-12-25)19-34(33(40)37-20-23-8-15-29-30(18-23)43-21-42-29)31(27-4-1-2-5-28(27)36)44-32(38-34)24-9-13-26(14-10-24)41-17-3-16-39/h1-2,4-15,18,31,39H,3,16-17,19-21H2,(H,37,40)/t31-,34-/m1/s1. The van der Waals surface area contributed by atoms with Gasteiger partial charge in [-0.05, 0) is 65.7 Å². The largest absolute Gasteiger partial charge is 0.494 e. The molecular weight excluding hydrogens is 692 g/mol. The van der Waals surface area contributed by atoms with Crippen molar-refractivity contribution in [1.29, 1.82) is 0 Å². The number of ether oxygens (including phenoxy) is 4. The van der Waals surface area contributed by atoms with Crippen molar-refractivity contribution in [2.45, 2.75) is 31.0 Å². The molecule has 2 aliphatic rings. The number of benzene rings is 4. The van der Waals surface area contributed by atoms with Crippen LogP contribution in [0, 0.1) is 0 Å². The van der Waals surface area contributed by atoms with Crippen molar-refractivity contribution in [3.63, 3.8) is 0 Å². The molecule has 0 radical (unpaired) electrons. The lowest BCUT2D eigenvalue weighted by Gasteiger charge is -2.31. The van der Waals surface area contributed by atoms with Crippen LogP contribution in [0.4, 0.5) is 0 Å². The highest BCUT2D eigenvalue weighted by Gasteiger charge is 2.53. The number of aliphatic imine (C=N–C) groups is 1. The van der Waals surface area contributed by atoms with Crippen LogP contribution in [0.5, 0.6) is 17.2 Å². The van der Waals surface area contributed by atoms with E-state index in [-0.39, 0.29) is 25.9 Å². The number of aliphatic hydroxyl groups excluding tert-OH is 1. The molecule has 0 aromatic heterocycles. The van der Waals surface area contributed by atoms with Gasteiger partial charge in [0.25, 0.3) is 5.91 Å². The highest BCUT2D eigenvalue weighted by atomic mass is 79.9. The van der Waals surface area contributed by atoms with Gasteiger partial charge in [0.2, 0.25) is 12.7 Å². The lowest BCUT2D eigenvalue weighted by atomic mass is 9.82. The van der Waals surface area contributed by atoms with Crippen LogP contribution in [-0.2, 0) is 22.5 Å². The van der Waals surface area contributed by atoms with E-state index in [4.69, 9.17) is 29.0 Å². The lowest BCUT2D eigenvalue weighted by molar-refractivity contribution is -0.129. The van der Waals surface area contributed by atoms with Gasteiger partial charge in [-0.3, -0.25) is 4.79 Å². The molecule has 0 aliphatic carbocycles. The summed E-state index contributed by atoms with van der Waals surface area (Å²) in [6.07, 6.45) is 0.116. The SMILES string of the molecule is O=C(NCc1ccc2c(c1)OCO2)[C@]1(Cc2ccc(Br)cc2)N=C(c2ccc(OCCCO)cc2)O[C@@H]1c1ccccc1Br. The zero-order valence-electron chi connectivity index (χ0n) is 23.7. The Bertz CT molecular complexity index is 1660. The number of fused-ring (bicyclic) bond motifs is 1. The Morgan fingerprint density at radius 2 is 1.70 bits per heavy atom. The molecule has 2 heterocycles. The maximum atomic E-state index is 14.5. The van der Waals surface area contributed by atoms with Crippen molar-refractivity contribution in [2.75, 3.05) is 20.0 Å². The van der Waals surface area contributed by atoms with E-state index >= 15 is 0 Å². The predicted octanol–water partition coefficient (Wildman–Crippen LogP) is 6.52. The molecule has 226 valence electrons. The maximum Gasteiger partial charge on any atom is 0.252 e. The second-order valence-corrected chi connectivity index (χ2v) is 12.3. The summed E-state index contributed by atoms with van der Waals surface area (Å²) < 4.78 is 25.1. The number of carbonyl (C=O) groups excluding carboxylic acids is 1. The molecule has 2 N–H and O–H groups in total. The zero-order chi connectivity index (χ0) is 30.5. The van der Waals surface area contributed by atoms with Crippen molar-refractivity contribution in [3.8, 4) is 17.2 Å². The molecule has 0 fully saturated rings. The highest BCUT2D eigenvalue weighted by Crippen LogP contribution is 2.45. The molecule has 0 bridgehead atoms. The van der Waals surface area contributed by atoms with Crippen LogP contribution in [-0.4, -0.2) is 42.5 Å². The smallest absolute Gasteiger partial charge is 0.252 e. The van der Waals surface area contributed by atoms with E-state index < -0.39 is 11.6 Å². The third kappa shape index (κ3) is 6.47. The van der Waals surface area contributed by atoms with Gasteiger partial charge >= 0.3 is 0 Å². The number of nitrogens with one attached hydrogen (secondary N) is 1. The number of hydrogen-bond donors (Lipinski definition) is 2. The zero-order valence-corrected chi connectivity index (χ0v) is 26.8. The van der Waals surface area contributed by atoms with E-state index in [0.717, 1.165) is 31.2 Å². The summed E-state index contributed by atoms with van der Waals surface area (Å²) in [5, 5.41) is 12.2. The molecule has 2 atom stereocenters. The quantitative estimate of drug-likeness (QED) is 0.171.